The predicted molar refractivity (Wildman–Crippen MR) is 117 cm³/mol. The fourth-order valence-electron chi connectivity index (χ4n) is 2.62. The number of hydrogen-bond donors (Lipinski definition) is 2. The molecule has 0 radical (unpaired) electrons. The van der Waals surface area contributed by atoms with E-state index in [9.17, 15) is 9.59 Å². The Balaban J connectivity index is 1.50. The number of ether oxygens (including phenoxy) is 1. The highest BCUT2D eigenvalue weighted by atomic mass is 32.2. The first kappa shape index (κ1) is 21.4. The molecule has 2 N–H and O–H groups in total. The van der Waals surface area contributed by atoms with Crippen molar-refractivity contribution in [1.29, 1.82) is 0 Å². The Morgan fingerprint density at radius 3 is 2.33 bits per heavy atom. The first-order valence-electron chi connectivity index (χ1n) is 9.44. The van der Waals surface area contributed by atoms with E-state index in [1.807, 2.05) is 37.3 Å². The molecule has 0 bridgehead atoms. The maximum absolute atomic E-state index is 12.3. The number of nitrogens with one attached hydrogen (secondary N) is 2. The van der Waals surface area contributed by atoms with E-state index < -0.39 is 0 Å². The molecule has 1 heterocycles. The van der Waals surface area contributed by atoms with Gasteiger partial charge in [0.1, 0.15) is 11.6 Å². The molecule has 2 aromatic carbocycles. The number of thioether (sulfide) groups is 1. The van der Waals surface area contributed by atoms with E-state index in [0.717, 1.165) is 11.4 Å². The van der Waals surface area contributed by atoms with Gasteiger partial charge in [-0.25, -0.2) is 0 Å². The van der Waals surface area contributed by atoms with Gasteiger partial charge in [0.15, 0.2) is 5.16 Å². The zero-order valence-corrected chi connectivity index (χ0v) is 17.6. The SMILES string of the molecule is CCOc1ccc(NC(=O)Cc2nnc(SCC(=O)Nc3ccccc3)n2C)cc1. The van der Waals surface area contributed by atoms with Gasteiger partial charge in [-0.15, -0.1) is 10.2 Å². The van der Waals surface area contributed by atoms with E-state index in [4.69, 9.17) is 4.74 Å². The molecule has 0 aliphatic carbocycles. The Hall–Kier alpha value is -3.33. The topological polar surface area (TPSA) is 98.1 Å². The van der Waals surface area contributed by atoms with E-state index >= 15 is 0 Å². The molecule has 0 unspecified atom stereocenters. The van der Waals surface area contributed by atoms with Gasteiger partial charge in [-0.05, 0) is 43.3 Å². The number of hydrogen-bond acceptors (Lipinski definition) is 6. The van der Waals surface area contributed by atoms with Gasteiger partial charge in [0, 0.05) is 18.4 Å². The van der Waals surface area contributed by atoms with Gasteiger partial charge < -0.3 is 19.9 Å². The van der Waals surface area contributed by atoms with Crippen molar-refractivity contribution < 1.29 is 14.3 Å². The van der Waals surface area contributed by atoms with Crippen molar-refractivity contribution in [3.05, 3.63) is 60.4 Å². The van der Waals surface area contributed by atoms with E-state index in [1.54, 1.807) is 35.9 Å². The number of benzene rings is 2. The molecule has 0 aliphatic rings. The fourth-order valence-corrected chi connectivity index (χ4v) is 3.35. The molecular formula is C21H23N5O3S. The molecule has 1 aromatic heterocycles. The van der Waals surface area contributed by atoms with Gasteiger partial charge >= 0.3 is 0 Å². The van der Waals surface area contributed by atoms with E-state index in [2.05, 4.69) is 20.8 Å². The summed E-state index contributed by atoms with van der Waals surface area (Å²) < 4.78 is 7.11. The molecule has 0 spiro atoms. The highest BCUT2D eigenvalue weighted by Crippen LogP contribution is 2.18. The van der Waals surface area contributed by atoms with Crippen molar-refractivity contribution in [3.8, 4) is 5.75 Å². The first-order valence-corrected chi connectivity index (χ1v) is 10.4. The van der Waals surface area contributed by atoms with Crippen LogP contribution in [0.5, 0.6) is 5.75 Å². The number of aromatic nitrogens is 3. The third kappa shape index (κ3) is 6.08. The van der Waals surface area contributed by atoms with Crippen molar-refractivity contribution in [3.63, 3.8) is 0 Å². The second-order valence-electron chi connectivity index (χ2n) is 6.34. The van der Waals surface area contributed by atoms with Crippen LogP contribution in [0.1, 0.15) is 12.7 Å². The first-order chi connectivity index (χ1) is 14.5. The molecule has 0 fully saturated rings. The highest BCUT2D eigenvalue weighted by Gasteiger charge is 2.14. The van der Waals surface area contributed by atoms with Gasteiger partial charge in [0.05, 0.1) is 18.8 Å². The summed E-state index contributed by atoms with van der Waals surface area (Å²) in [4.78, 5) is 24.4. The highest BCUT2D eigenvalue weighted by molar-refractivity contribution is 7.99. The number of anilines is 2. The molecule has 30 heavy (non-hydrogen) atoms. The monoisotopic (exact) mass is 425 g/mol. The average Bonchev–Trinajstić information content (AvgIpc) is 3.08. The molecule has 3 aromatic rings. The molecule has 0 aliphatic heterocycles. The Morgan fingerprint density at radius 2 is 1.63 bits per heavy atom. The van der Waals surface area contributed by atoms with Crippen LogP contribution in [0, 0.1) is 0 Å². The van der Waals surface area contributed by atoms with Crippen molar-refractivity contribution >= 4 is 35.0 Å². The fraction of sp³-hybridized carbons (Fsp3) is 0.238. The van der Waals surface area contributed by atoms with Crippen LogP contribution in [0.2, 0.25) is 0 Å². The minimum absolute atomic E-state index is 0.0769. The Kier molecular flexibility index (Phi) is 7.45. The average molecular weight is 426 g/mol. The molecular weight excluding hydrogens is 402 g/mol. The Bertz CT molecular complexity index is 990. The third-order valence-electron chi connectivity index (χ3n) is 4.08. The van der Waals surface area contributed by atoms with Crippen LogP contribution in [-0.4, -0.2) is 38.9 Å². The lowest BCUT2D eigenvalue weighted by Gasteiger charge is -2.07. The minimum Gasteiger partial charge on any atom is -0.494 e. The van der Waals surface area contributed by atoms with E-state index in [1.165, 1.54) is 11.8 Å². The predicted octanol–water partition coefficient (Wildman–Crippen LogP) is 3.13. The normalized spacial score (nSPS) is 10.5. The summed E-state index contributed by atoms with van der Waals surface area (Å²) in [6.07, 6.45) is 0.0769. The molecule has 2 amide bonds. The largest absolute Gasteiger partial charge is 0.494 e. The summed E-state index contributed by atoms with van der Waals surface area (Å²) in [5.41, 5.74) is 1.42. The maximum Gasteiger partial charge on any atom is 0.234 e. The second-order valence-corrected chi connectivity index (χ2v) is 7.29. The maximum atomic E-state index is 12.3. The van der Waals surface area contributed by atoms with Crippen LogP contribution in [-0.2, 0) is 23.1 Å². The van der Waals surface area contributed by atoms with Crippen LogP contribution >= 0.6 is 11.8 Å². The van der Waals surface area contributed by atoms with Gasteiger partial charge in [-0.1, -0.05) is 30.0 Å². The van der Waals surface area contributed by atoms with Crippen LogP contribution in [0.4, 0.5) is 11.4 Å². The molecule has 0 saturated carbocycles. The van der Waals surface area contributed by atoms with Gasteiger partial charge in [-0.2, -0.15) is 0 Å². The lowest BCUT2D eigenvalue weighted by Crippen LogP contribution is -2.17. The summed E-state index contributed by atoms with van der Waals surface area (Å²) in [5, 5.41) is 14.4. The smallest absolute Gasteiger partial charge is 0.234 e. The molecule has 3 rings (SSSR count). The molecule has 8 nitrogen and oxygen atoms in total. The van der Waals surface area contributed by atoms with Crippen LogP contribution in [0.15, 0.2) is 59.8 Å². The van der Waals surface area contributed by atoms with Crippen molar-refractivity contribution in [1.82, 2.24) is 14.8 Å². The van der Waals surface area contributed by atoms with E-state index in [0.29, 0.717) is 23.3 Å². The summed E-state index contributed by atoms with van der Waals surface area (Å²) in [5.74, 6) is 1.13. The zero-order chi connectivity index (χ0) is 21.3. The number of carbonyl (C=O) groups is 2. The lowest BCUT2D eigenvalue weighted by molar-refractivity contribution is -0.116. The van der Waals surface area contributed by atoms with Crippen molar-refractivity contribution in [2.24, 2.45) is 7.05 Å². The number of nitrogens with zero attached hydrogens (tertiary/aromatic N) is 3. The van der Waals surface area contributed by atoms with E-state index in [-0.39, 0.29) is 24.0 Å². The molecule has 0 atom stereocenters. The summed E-state index contributed by atoms with van der Waals surface area (Å²) >= 11 is 1.26. The van der Waals surface area contributed by atoms with Crippen molar-refractivity contribution in [2.45, 2.75) is 18.5 Å². The number of para-hydroxylation sites is 1. The third-order valence-corrected chi connectivity index (χ3v) is 5.10. The van der Waals surface area contributed by atoms with Gasteiger partial charge in [-0.3, -0.25) is 9.59 Å². The van der Waals surface area contributed by atoms with Crippen molar-refractivity contribution in [2.75, 3.05) is 23.0 Å². The molecule has 156 valence electrons. The van der Waals surface area contributed by atoms with Gasteiger partial charge in [0.25, 0.3) is 0 Å². The second kappa shape index (κ2) is 10.4. The van der Waals surface area contributed by atoms with Gasteiger partial charge in [0.2, 0.25) is 11.8 Å². The summed E-state index contributed by atoms with van der Waals surface area (Å²) in [6, 6.07) is 16.4. The van der Waals surface area contributed by atoms with Crippen LogP contribution < -0.4 is 15.4 Å². The number of carbonyl (C=O) groups excluding carboxylic acids is 2. The standard InChI is InChI=1S/C21H23N5O3S/c1-3-29-17-11-9-16(10-12-17)22-19(27)13-18-24-25-21(26(18)2)30-14-20(28)23-15-7-5-4-6-8-15/h4-12H,3,13-14H2,1-2H3,(H,22,27)(H,23,28). The quantitative estimate of drug-likeness (QED) is 0.511. The van der Waals surface area contributed by atoms with Crippen LogP contribution in [0.3, 0.4) is 0 Å². The lowest BCUT2D eigenvalue weighted by atomic mass is 10.3. The minimum atomic E-state index is -0.201. The summed E-state index contributed by atoms with van der Waals surface area (Å²) in [6.45, 7) is 2.50. The Morgan fingerprint density at radius 1 is 0.967 bits per heavy atom. The molecule has 0 saturated heterocycles. The number of amides is 2. The zero-order valence-electron chi connectivity index (χ0n) is 16.8. The molecule has 9 heteroatoms. The summed E-state index contributed by atoms with van der Waals surface area (Å²) in [7, 11) is 1.77. The van der Waals surface area contributed by atoms with Crippen LogP contribution in [0.25, 0.3) is 0 Å². The number of rotatable bonds is 9. The Labute approximate surface area is 179 Å².